The first kappa shape index (κ1) is 47.0. The molecule has 0 saturated carbocycles. The van der Waals surface area contributed by atoms with Gasteiger partial charge in [-0.15, -0.1) is 0 Å². The second kappa shape index (κ2) is 20.6. The van der Waals surface area contributed by atoms with Crippen molar-refractivity contribution in [3.63, 3.8) is 0 Å². The van der Waals surface area contributed by atoms with E-state index in [0.29, 0.717) is 70.9 Å². The summed E-state index contributed by atoms with van der Waals surface area (Å²) in [6.45, 7) is 0. The first-order valence-corrected chi connectivity index (χ1v) is 21.4. The second-order valence-corrected chi connectivity index (χ2v) is 15.8. The number of aromatic carboxylic acids is 4. The molecule has 12 nitrogen and oxygen atoms in total. The van der Waals surface area contributed by atoms with Gasteiger partial charge in [-0.2, -0.15) is 0 Å². The summed E-state index contributed by atoms with van der Waals surface area (Å²) in [5.41, 5.74) is 7.54. The molecule has 0 spiro atoms. The summed E-state index contributed by atoms with van der Waals surface area (Å²) in [6, 6.07) is 50.4. The van der Waals surface area contributed by atoms with Crippen LogP contribution in [0.2, 0.25) is 0 Å². The summed E-state index contributed by atoms with van der Waals surface area (Å²) in [7, 11) is 0. The number of benzene rings is 8. The number of rotatable bonds is 4. The Bertz CT molecular complexity index is 2850. The molecular formula is C56H36O12W. The van der Waals surface area contributed by atoms with E-state index in [0.717, 1.165) is 45.3 Å². The van der Waals surface area contributed by atoms with Crippen LogP contribution < -0.4 is 39.4 Å². The van der Waals surface area contributed by atoms with Crippen molar-refractivity contribution in [3.05, 3.63) is 237 Å². The summed E-state index contributed by atoms with van der Waals surface area (Å²) < 4.78 is 22.7. The maximum absolute atomic E-state index is 11.0. The SMILES string of the molecule is O=C([O-])c1cccc2c1Cc1ccccc1O2.O=C([O-])c1cccc2c1Cc1ccccc1O2.O=C([O-])c1cccc2c1Cc1ccccc1O2.O=C([O-])c1cccc2c1Cc1ccccc1O2.[W+4]. The molecule has 4 aliphatic heterocycles. The second-order valence-electron chi connectivity index (χ2n) is 15.8. The van der Waals surface area contributed by atoms with E-state index in [4.69, 9.17) is 18.9 Å². The Balaban J connectivity index is 0.000000123. The third-order valence-corrected chi connectivity index (χ3v) is 11.7. The standard InChI is InChI=1S/4C14H10O3.W/c4*15-14(16)10-5-3-7-13-11(10)8-9-4-1-2-6-12(9)17-13;/h4*1-7H,8H2,(H,15,16);/q;;;;+4/p-4. The third-order valence-electron chi connectivity index (χ3n) is 11.7. The van der Waals surface area contributed by atoms with E-state index in [1.165, 1.54) is 0 Å². The number of para-hydroxylation sites is 4. The third kappa shape index (κ3) is 10.1. The molecule has 8 aromatic rings. The van der Waals surface area contributed by atoms with Gasteiger partial charge in [-0.05, 0) is 70.8 Å². The van der Waals surface area contributed by atoms with Crippen molar-refractivity contribution in [1.82, 2.24) is 0 Å². The van der Waals surface area contributed by atoms with E-state index in [1.807, 2.05) is 97.1 Å². The Hall–Kier alpha value is -8.47. The number of carboxylic acid groups (broad SMARTS) is 4. The van der Waals surface area contributed by atoms with Gasteiger partial charge in [0.15, 0.2) is 0 Å². The summed E-state index contributed by atoms with van der Waals surface area (Å²) >= 11 is 0. The minimum absolute atomic E-state index is 0. The zero-order valence-corrected chi connectivity index (χ0v) is 39.2. The predicted octanol–water partition coefficient (Wildman–Crippen LogP) is 6.98. The fourth-order valence-electron chi connectivity index (χ4n) is 8.37. The van der Waals surface area contributed by atoms with Crippen molar-refractivity contribution in [2.45, 2.75) is 25.7 Å². The molecule has 8 aromatic carbocycles. The average molecular weight is 1080 g/mol. The van der Waals surface area contributed by atoms with Crippen molar-refractivity contribution in [2.24, 2.45) is 0 Å². The summed E-state index contributed by atoms with van der Waals surface area (Å²) in [5.74, 6) is 0.910. The number of ether oxygens (including phenoxy) is 4. The van der Waals surface area contributed by atoms with Gasteiger partial charge < -0.3 is 58.6 Å². The average Bonchev–Trinajstić information content (AvgIpc) is 3.35. The van der Waals surface area contributed by atoms with Gasteiger partial charge in [0.25, 0.3) is 0 Å². The van der Waals surface area contributed by atoms with Crippen LogP contribution in [0.5, 0.6) is 46.0 Å². The zero-order chi connectivity index (χ0) is 47.3. The van der Waals surface area contributed by atoms with Gasteiger partial charge in [0.1, 0.15) is 46.0 Å². The predicted molar refractivity (Wildman–Crippen MR) is 240 cm³/mol. The molecular weight excluding hydrogens is 1050 g/mol. The zero-order valence-electron chi connectivity index (χ0n) is 36.3. The minimum atomic E-state index is -1.16. The topological polar surface area (TPSA) is 197 Å². The molecule has 0 amide bonds. The molecule has 0 aliphatic carbocycles. The molecule has 0 atom stereocenters. The number of hydrogen-bond acceptors (Lipinski definition) is 12. The molecule has 0 bridgehead atoms. The summed E-state index contributed by atoms with van der Waals surface area (Å²) in [5, 5.41) is 44.1. The molecule has 0 saturated heterocycles. The number of carbonyl (C=O) groups is 4. The molecule has 0 N–H and O–H groups in total. The van der Waals surface area contributed by atoms with Crippen LogP contribution in [0.3, 0.4) is 0 Å². The maximum atomic E-state index is 11.0. The largest absolute Gasteiger partial charge is 4.00 e. The molecule has 13 heteroatoms. The number of fused-ring (bicyclic) bond motifs is 8. The molecule has 4 aliphatic rings. The Morgan fingerprint density at radius 1 is 0.275 bits per heavy atom. The van der Waals surface area contributed by atoms with Gasteiger partial charge in [0.2, 0.25) is 0 Å². The van der Waals surface area contributed by atoms with E-state index in [-0.39, 0.29) is 43.3 Å². The fourth-order valence-corrected chi connectivity index (χ4v) is 8.37. The number of carboxylic acids is 4. The Morgan fingerprint density at radius 3 is 0.667 bits per heavy atom. The van der Waals surface area contributed by atoms with Gasteiger partial charge in [-0.25, -0.2) is 0 Å². The molecule has 4 heterocycles. The van der Waals surface area contributed by atoms with Crippen LogP contribution in [-0.2, 0) is 46.7 Å². The fraction of sp³-hybridized carbons (Fsp3) is 0.0714. The van der Waals surface area contributed by atoms with Crippen molar-refractivity contribution in [3.8, 4) is 46.0 Å². The van der Waals surface area contributed by atoms with Crippen LogP contribution in [0.25, 0.3) is 0 Å². The van der Waals surface area contributed by atoms with E-state index in [1.54, 1.807) is 72.8 Å². The molecule has 12 rings (SSSR count). The van der Waals surface area contributed by atoms with E-state index in [9.17, 15) is 39.6 Å². The molecule has 69 heavy (non-hydrogen) atoms. The Labute approximate surface area is 409 Å². The van der Waals surface area contributed by atoms with Gasteiger partial charge in [0.05, 0.1) is 23.9 Å². The van der Waals surface area contributed by atoms with Crippen LogP contribution in [0.1, 0.15) is 85.9 Å². The Kier molecular flexibility index (Phi) is 14.0. The number of carbonyl (C=O) groups excluding carboxylic acids is 4. The van der Waals surface area contributed by atoms with E-state index < -0.39 is 23.9 Å². The van der Waals surface area contributed by atoms with Crippen molar-refractivity contribution in [1.29, 1.82) is 0 Å². The van der Waals surface area contributed by atoms with Crippen LogP contribution in [-0.4, -0.2) is 23.9 Å². The van der Waals surface area contributed by atoms with Gasteiger partial charge in [-0.3, -0.25) is 0 Å². The van der Waals surface area contributed by atoms with Gasteiger partial charge in [-0.1, -0.05) is 121 Å². The van der Waals surface area contributed by atoms with Crippen molar-refractivity contribution >= 4 is 23.9 Å². The molecule has 0 fully saturated rings. The first-order valence-electron chi connectivity index (χ1n) is 21.4. The molecule has 0 aromatic heterocycles. The summed E-state index contributed by atoms with van der Waals surface area (Å²) in [4.78, 5) is 44.1. The van der Waals surface area contributed by atoms with Crippen LogP contribution in [0, 0.1) is 0 Å². The molecule has 0 radical (unpaired) electrons. The van der Waals surface area contributed by atoms with Crippen molar-refractivity contribution in [2.75, 3.05) is 0 Å². The maximum Gasteiger partial charge on any atom is 4.00 e. The minimum Gasteiger partial charge on any atom is -0.545 e. The first-order chi connectivity index (χ1) is 33.0. The normalized spacial score (nSPS) is 12.1. The van der Waals surface area contributed by atoms with Gasteiger partial charge >= 0.3 is 21.1 Å². The molecule has 338 valence electrons. The van der Waals surface area contributed by atoms with Gasteiger partial charge in [0, 0.05) is 70.2 Å². The number of hydrogen-bond donors (Lipinski definition) is 0. The smallest absolute Gasteiger partial charge is 0.545 e. The Morgan fingerprint density at radius 2 is 0.464 bits per heavy atom. The monoisotopic (exact) mass is 1080 g/mol. The van der Waals surface area contributed by atoms with Crippen molar-refractivity contribution < 1.29 is 79.6 Å². The van der Waals surface area contributed by atoms with E-state index >= 15 is 0 Å². The van der Waals surface area contributed by atoms with E-state index in [2.05, 4.69) is 0 Å². The quantitative estimate of drug-likeness (QED) is 0.176. The summed E-state index contributed by atoms with van der Waals surface area (Å²) in [6.07, 6.45) is 2.26. The van der Waals surface area contributed by atoms with Crippen LogP contribution in [0.4, 0.5) is 0 Å². The van der Waals surface area contributed by atoms with Crippen LogP contribution >= 0.6 is 0 Å². The molecule has 0 unspecified atom stereocenters. The van der Waals surface area contributed by atoms with Crippen LogP contribution in [0.15, 0.2) is 170 Å².